The Morgan fingerprint density at radius 3 is 2.52 bits per heavy atom. The average molecular weight is 411 g/mol. The summed E-state index contributed by atoms with van der Waals surface area (Å²) < 4.78 is 0. The second-order valence-electron chi connectivity index (χ2n) is 7.78. The van der Waals surface area contributed by atoms with E-state index in [0.29, 0.717) is 19.4 Å². The van der Waals surface area contributed by atoms with Gasteiger partial charge in [0.15, 0.2) is 6.20 Å². The highest BCUT2D eigenvalue weighted by Crippen LogP contribution is 2.27. The third-order valence-corrected chi connectivity index (χ3v) is 5.61. The van der Waals surface area contributed by atoms with Gasteiger partial charge in [0.05, 0.1) is 12.2 Å². The molecule has 0 bridgehead atoms. The summed E-state index contributed by atoms with van der Waals surface area (Å²) in [5.41, 5.74) is 4.73. The van der Waals surface area contributed by atoms with Gasteiger partial charge in [-0.1, -0.05) is 42.5 Å². The van der Waals surface area contributed by atoms with Crippen LogP contribution in [0, 0.1) is 0 Å². The molecule has 0 saturated carbocycles. The molecular weight excluding hydrogens is 388 g/mol. The molecular formula is C25H23N4O2+. The van der Waals surface area contributed by atoms with E-state index in [1.807, 2.05) is 59.6 Å². The van der Waals surface area contributed by atoms with Crippen molar-refractivity contribution >= 4 is 11.6 Å². The molecule has 0 spiro atoms. The monoisotopic (exact) mass is 411 g/mol. The van der Waals surface area contributed by atoms with Crippen LogP contribution in [0.2, 0.25) is 0 Å². The number of amides is 1. The number of allylic oxidation sites excluding steroid dienone is 1. The number of H-pyrrole nitrogens is 1. The largest absolute Gasteiger partial charge is 0.508 e. The van der Waals surface area contributed by atoms with Crippen LogP contribution in [0.5, 0.6) is 5.75 Å². The number of carbonyl (C=O) groups is 1. The molecule has 154 valence electrons. The minimum Gasteiger partial charge on any atom is -0.508 e. The fourth-order valence-electron chi connectivity index (χ4n) is 4.04. The van der Waals surface area contributed by atoms with Crippen molar-refractivity contribution in [2.45, 2.75) is 18.9 Å². The van der Waals surface area contributed by atoms with E-state index in [9.17, 15) is 9.90 Å². The van der Waals surface area contributed by atoms with Crippen molar-refractivity contribution in [3.05, 3.63) is 107 Å². The zero-order valence-corrected chi connectivity index (χ0v) is 17.0. The lowest BCUT2D eigenvalue weighted by Gasteiger charge is -2.23. The van der Waals surface area contributed by atoms with Crippen molar-refractivity contribution in [1.29, 1.82) is 0 Å². The fourth-order valence-corrected chi connectivity index (χ4v) is 4.04. The number of rotatable bonds is 5. The van der Waals surface area contributed by atoms with Crippen LogP contribution in [-0.4, -0.2) is 34.2 Å². The number of phenolic OH excluding ortho intramolecular Hbond substituents is 1. The molecule has 2 aliphatic heterocycles. The van der Waals surface area contributed by atoms with Crippen LogP contribution in [0.15, 0.2) is 95.5 Å². The van der Waals surface area contributed by atoms with Crippen molar-refractivity contribution in [3.63, 3.8) is 0 Å². The summed E-state index contributed by atoms with van der Waals surface area (Å²) in [6, 6.07) is 22.7. The molecule has 6 nitrogen and oxygen atoms in total. The molecule has 31 heavy (non-hydrogen) atoms. The number of aromatic hydroxyl groups is 1. The van der Waals surface area contributed by atoms with Crippen molar-refractivity contribution < 1.29 is 14.9 Å². The molecule has 1 fully saturated rings. The molecule has 1 saturated heterocycles. The predicted octanol–water partition coefficient (Wildman–Crippen LogP) is 2.46. The fraction of sp³-hybridized carbons (Fsp3) is 0.160. The van der Waals surface area contributed by atoms with E-state index < -0.39 is 0 Å². The molecule has 0 radical (unpaired) electrons. The topological polar surface area (TPSA) is 79.1 Å². The Morgan fingerprint density at radius 1 is 1.00 bits per heavy atom. The van der Waals surface area contributed by atoms with Gasteiger partial charge in [-0.2, -0.15) is 0 Å². The lowest BCUT2D eigenvalue weighted by molar-refractivity contribution is -0.380. The normalized spacial score (nSPS) is 17.9. The van der Waals surface area contributed by atoms with Gasteiger partial charge < -0.3 is 10.4 Å². The predicted molar refractivity (Wildman–Crippen MR) is 117 cm³/mol. The summed E-state index contributed by atoms with van der Waals surface area (Å²) in [6.45, 7) is 0.423. The molecule has 3 N–H and O–H groups in total. The van der Waals surface area contributed by atoms with Gasteiger partial charge in [-0.25, -0.2) is 9.98 Å². The number of benzene rings is 2. The second kappa shape index (κ2) is 8.07. The number of aromatic nitrogens is 1. The number of pyridine rings is 1. The van der Waals surface area contributed by atoms with E-state index in [4.69, 9.17) is 4.99 Å². The molecule has 3 aromatic rings. The van der Waals surface area contributed by atoms with Crippen LogP contribution in [0.4, 0.5) is 0 Å². The summed E-state index contributed by atoms with van der Waals surface area (Å²) >= 11 is 0. The van der Waals surface area contributed by atoms with Crippen LogP contribution in [0.25, 0.3) is 0 Å². The molecule has 1 amide bonds. The molecule has 1 aromatic heterocycles. The lowest BCUT2D eigenvalue weighted by atomic mass is 10.1. The van der Waals surface area contributed by atoms with E-state index in [2.05, 4.69) is 22.4 Å². The molecule has 1 atom stereocenters. The van der Waals surface area contributed by atoms with Gasteiger partial charge in [-0.15, -0.1) is 0 Å². The first-order valence-electron chi connectivity index (χ1n) is 10.3. The molecule has 3 heterocycles. The van der Waals surface area contributed by atoms with E-state index in [1.54, 1.807) is 12.1 Å². The first-order chi connectivity index (χ1) is 15.2. The SMILES string of the molecule is O=C1C(Cc2ccc(O)cc2)NC2=C(Cc3ccccc3)N=C(c3cccc[nH+]3)CN12. The number of nitrogens with one attached hydrogen (secondary N) is 2. The molecule has 2 aliphatic rings. The average Bonchev–Trinajstić information content (AvgIpc) is 3.12. The summed E-state index contributed by atoms with van der Waals surface area (Å²) in [5.74, 6) is 1.05. The maximum atomic E-state index is 13.3. The number of hydrogen-bond donors (Lipinski definition) is 2. The van der Waals surface area contributed by atoms with Crippen LogP contribution in [0.1, 0.15) is 16.8 Å². The molecule has 6 heteroatoms. The third kappa shape index (κ3) is 3.92. The molecule has 2 aromatic carbocycles. The maximum absolute atomic E-state index is 13.3. The van der Waals surface area contributed by atoms with Gasteiger partial charge >= 0.3 is 0 Å². The van der Waals surface area contributed by atoms with Gasteiger partial charge in [0, 0.05) is 25.0 Å². The Balaban J connectivity index is 1.48. The standard InChI is InChI=1S/C25H22N4O2/c30-19-11-9-18(10-12-19)15-22-25(31)29-16-23(20-8-4-5-13-26-20)27-21(24(29)28-22)14-17-6-2-1-3-7-17/h1-13,22,28,30H,14-16H2/p+1. The van der Waals surface area contributed by atoms with Crippen LogP contribution in [0.3, 0.4) is 0 Å². The Hall–Kier alpha value is -3.93. The Kier molecular flexibility index (Phi) is 4.96. The number of fused-ring (bicyclic) bond motifs is 1. The van der Waals surface area contributed by atoms with Gasteiger partial charge in [0.1, 0.15) is 23.3 Å². The second-order valence-corrected chi connectivity index (χ2v) is 7.78. The van der Waals surface area contributed by atoms with Crippen molar-refractivity contribution in [1.82, 2.24) is 10.2 Å². The minimum atomic E-state index is -0.361. The number of phenols is 1. The van der Waals surface area contributed by atoms with Gasteiger partial charge in [0.25, 0.3) is 5.91 Å². The summed E-state index contributed by atoms with van der Waals surface area (Å²) in [6.07, 6.45) is 3.05. The van der Waals surface area contributed by atoms with E-state index >= 15 is 0 Å². The van der Waals surface area contributed by atoms with Crippen molar-refractivity contribution in [3.8, 4) is 5.75 Å². The van der Waals surface area contributed by atoms with Gasteiger partial charge in [-0.3, -0.25) is 9.69 Å². The van der Waals surface area contributed by atoms with Gasteiger partial charge in [0.2, 0.25) is 5.69 Å². The Labute approximate surface area is 180 Å². The van der Waals surface area contributed by atoms with E-state index in [-0.39, 0.29) is 17.7 Å². The summed E-state index contributed by atoms with van der Waals surface area (Å²) in [5, 5.41) is 13.0. The Morgan fingerprint density at radius 2 is 1.77 bits per heavy atom. The summed E-state index contributed by atoms with van der Waals surface area (Å²) in [4.78, 5) is 23.3. The van der Waals surface area contributed by atoms with E-state index in [1.165, 1.54) is 0 Å². The highest BCUT2D eigenvalue weighted by molar-refractivity contribution is 6.04. The first-order valence-corrected chi connectivity index (χ1v) is 10.3. The first kappa shape index (κ1) is 19.1. The summed E-state index contributed by atoms with van der Waals surface area (Å²) in [7, 11) is 0. The van der Waals surface area contributed by atoms with E-state index in [0.717, 1.165) is 34.1 Å². The van der Waals surface area contributed by atoms with Crippen LogP contribution >= 0.6 is 0 Å². The van der Waals surface area contributed by atoms with Gasteiger partial charge in [-0.05, 0) is 29.3 Å². The van der Waals surface area contributed by atoms with Crippen LogP contribution in [-0.2, 0) is 17.6 Å². The van der Waals surface area contributed by atoms with Crippen molar-refractivity contribution in [2.75, 3.05) is 6.54 Å². The maximum Gasteiger partial charge on any atom is 0.251 e. The molecule has 5 rings (SSSR count). The number of aliphatic imine (C=N–C) groups is 1. The quantitative estimate of drug-likeness (QED) is 0.677. The zero-order valence-electron chi connectivity index (χ0n) is 17.0. The number of hydrogen-bond acceptors (Lipinski definition) is 4. The van der Waals surface area contributed by atoms with Crippen molar-refractivity contribution in [2.24, 2.45) is 4.99 Å². The third-order valence-electron chi connectivity index (χ3n) is 5.61. The van der Waals surface area contributed by atoms with Crippen LogP contribution < -0.4 is 10.3 Å². The number of nitrogens with zero attached hydrogens (tertiary/aromatic N) is 2. The smallest absolute Gasteiger partial charge is 0.251 e. The number of carbonyl (C=O) groups excluding carboxylic acids is 1. The minimum absolute atomic E-state index is 0.0389. The molecule has 1 unspecified atom stereocenters. The highest BCUT2D eigenvalue weighted by Gasteiger charge is 2.40. The highest BCUT2D eigenvalue weighted by atomic mass is 16.3. The molecule has 0 aliphatic carbocycles. The zero-order chi connectivity index (χ0) is 21.2. The Bertz CT molecular complexity index is 1160. The number of aromatic amines is 1. The lowest BCUT2D eigenvalue weighted by Crippen LogP contribution is -2.38.